The van der Waals surface area contributed by atoms with Gasteiger partial charge in [0.05, 0.1) is 10.7 Å². The Kier molecular flexibility index (Phi) is 3.68. The molecule has 1 aromatic rings. The molecular weight excluding hydrogens is 302 g/mol. The van der Waals surface area contributed by atoms with Crippen LogP contribution in [0.15, 0.2) is 12.1 Å². The van der Waals surface area contributed by atoms with Gasteiger partial charge >= 0.3 is 5.97 Å². The molecule has 0 aliphatic rings. The molecular formula is C9H8FIO3. The van der Waals surface area contributed by atoms with E-state index in [2.05, 4.69) is 0 Å². The quantitative estimate of drug-likeness (QED) is 0.478. The Morgan fingerprint density at radius 2 is 2.07 bits per heavy atom. The van der Waals surface area contributed by atoms with Crippen molar-refractivity contribution in [1.29, 1.82) is 0 Å². The number of ether oxygens (including phenoxy) is 2. The van der Waals surface area contributed by atoms with Crippen LogP contribution >= 0.6 is 22.6 Å². The summed E-state index contributed by atoms with van der Waals surface area (Å²) in [4.78, 5) is 10.7. The maximum atomic E-state index is 13.1. The van der Waals surface area contributed by atoms with Crippen LogP contribution in [0.4, 0.5) is 4.39 Å². The van der Waals surface area contributed by atoms with Gasteiger partial charge in [-0.15, -0.1) is 0 Å². The van der Waals surface area contributed by atoms with Crippen LogP contribution < -0.4 is 9.47 Å². The number of rotatable bonds is 2. The molecule has 0 bridgehead atoms. The molecule has 0 fully saturated rings. The van der Waals surface area contributed by atoms with E-state index in [-0.39, 0.29) is 11.5 Å². The van der Waals surface area contributed by atoms with Crippen molar-refractivity contribution in [2.45, 2.75) is 6.92 Å². The summed E-state index contributed by atoms with van der Waals surface area (Å²) >= 11 is 1.81. The van der Waals surface area contributed by atoms with Gasteiger partial charge in [-0.3, -0.25) is 4.79 Å². The number of benzene rings is 1. The number of esters is 1. The Hall–Kier alpha value is -0.850. The molecule has 14 heavy (non-hydrogen) atoms. The Balaban J connectivity index is 3.13. The van der Waals surface area contributed by atoms with Gasteiger partial charge in [-0.25, -0.2) is 4.39 Å². The molecule has 0 heterocycles. The van der Waals surface area contributed by atoms with E-state index in [1.54, 1.807) is 0 Å². The fourth-order valence-corrected chi connectivity index (χ4v) is 1.34. The van der Waals surface area contributed by atoms with Crippen molar-refractivity contribution in [3.8, 4) is 11.5 Å². The minimum Gasteiger partial charge on any atom is -0.493 e. The predicted molar refractivity (Wildman–Crippen MR) is 57.0 cm³/mol. The average Bonchev–Trinajstić information content (AvgIpc) is 2.10. The Labute approximate surface area is 94.3 Å². The van der Waals surface area contributed by atoms with Crippen LogP contribution in [0.5, 0.6) is 11.5 Å². The minimum absolute atomic E-state index is 0.207. The Bertz CT molecular complexity index is 365. The lowest BCUT2D eigenvalue weighted by atomic mass is 10.3. The second-order valence-electron chi connectivity index (χ2n) is 2.51. The fraction of sp³-hybridized carbons (Fsp3) is 0.222. The average molecular weight is 310 g/mol. The van der Waals surface area contributed by atoms with Crippen molar-refractivity contribution in [3.05, 3.63) is 21.5 Å². The van der Waals surface area contributed by atoms with Crippen LogP contribution in [-0.2, 0) is 4.79 Å². The lowest BCUT2D eigenvalue weighted by Crippen LogP contribution is -2.03. The molecule has 5 heteroatoms. The highest BCUT2D eigenvalue weighted by molar-refractivity contribution is 14.1. The molecule has 0 aliphatic heterocycles. The molecule has 0 atom stereocenters. The zero-order valence-electron chi connectivity index (χ0n) is 7.64. The van der Waals surface area contributed by atoms with Crippen LogP contribution in [0.1, 0.15) is 6.92 Å². The monoisotopic (exact) mass is 310 g/mol. The minimum atomic E-state index is -0.467. The van der Waals surface area contributed by atoms with E-state index in [1.807, 2.05) is 22.6 Å². The molecule has 0 N–H and O–H groups in total. The lowest BCUT2D eigenvalue weighted by Gasteiger charge is -2.08. The predicted octanol–water partition coefficient (Wildman–Crippen LogP) is 2.36. The van der Waals surface area contributed by atoms with Crippen LogP contribution in [0.25, 0.3) is 0 Å². The zero-order chi connectivity index (χ0) is 10.7. The van der Waals surface area contributed by atoms with E-state index < -0.39 is 11.8 Å². The van der Waals surface area contributed by atoms with E-state index in [0.717, 1.165) is 0 Å². The van der Waals surface area contributed by atoms with Crippen molar-refractivity contribution >= 4 is 28.6 Å². The summed E-state index contributed by atoms with van der Waals surface area (Å²) in [6.45, 7) is 1.27. The first-order valence-corrected chi connectivity index (χ1v) is 4.84. The second kappa shape index (κ2) is 4.59. The van der Waals surface area contributed by atoms with Gasteiger partial charge in [0, 0.05) is 19.1 Å². The van der Waals surface area contributed by atoms with Crippen molar-refractivity contribution < 1.29 is 18.7 Å². The molecule has 0 spiro atoms. The first-order valence-electron chi connectivity index (χ1n) is 3.76. The van der Waals surface area contributed by atoms with E-state index in [9.17, 15) is 9.18 Å². The van der Waals surface area contributed by atoms with Crippen molar-refractivity contribution in [3.63, 3.8) is 0 Å². The normalized spacial score (nSPS) is 9.71. The number of methoxy groups -OCH3 is 1. The van der Waals surface area contributed by atoms with Gasteiger partial charge in [0.2, 0.25) is 0 Å². The van der Waals surface area contributed by atoms with Crippen molar-refractivity contribution in [2.24, 2.45) is 0 Å². The third-order valence-corrected chi connectivity index (χ3v) is 2.29. The van der Waals surface area contributed by atoms with E-state index in [0.29, 0.717) is 3.57 Å². The fourth-order valence-electron chi connectivity index (χ4n) is 0.904. The molecule has 3 nitrogen and oxygen atoms in total. The molecule has 1 aromatic carbocycles. The number of halogens is 2. The molecule has 1 rings (SSSR count). The van der Waals surface area contributed by atoms with Crippen molar-refractivity contribution in [2.75, 3.05) is 7.11 Å². The molecule has 0 saturated carbocycles. The van der Waals surface area contributed by atoms with Gasteiger partial charge in [-0.05, 0) is 22.6 Å². The van der Waals surface area contributed by atoms with Crippen LogP contribution in [0, 0.1) is 9.39 Å². The summed E-state index contributed by atoms with van der Waals surface area (Å²) in [5, 5.41) is 0. The molecule has 0 aromatic heterocycles. The molecule has 76 valence electrons. The first-order chi connectivity index (χ1) is 6.54. The largest absolute Gasteiger partial charge is 0.493 e. The van der Waals surface area contributed by atoms with Crippen molar-refractivity contribution in [1.82, 2.24) is 0 Å². The number of hydrogen-bond donors (Lipinski definition) is 0. The summed E-state index contributed by atoms with van der Waals surface area (Å²) in [6.07, 6.45) is 0. The Morgan fingerprint density at radius 3 is 2.57 bits per heavy atom. The zero-order valence-corrected chi connectivity index (χ0v) is 9.79. The second-order valence-corrected chi connectivity index (χ2v) is 3.67. The van der Waals surface area contributed by atoms with Crippen LogP contribution in [-0.4, -0.2) is 13.1 Å². The highest BCUT2D eigenvalue weighted by Crippen LogP contribution is 2.30. The highest BCUT2D eigenvalue weighted by atomic mass is 127. The topological polar surface area (TPSA) is 35.5 Å². The van der Waals surface area contributed by atoms with Crippen LogP contribution in [0.3, 0.4) is 0 Å². The first kappa shape index (κ1) is 11.2. The molecule has 0 aliphatic carbocycles. The smallest absolute Gasteiger partial charge is 0.308 e. The standard InChI is InChI=1S/C9H8FIO3/c1-5(12)14-9-4-7(11)6(10)3-8(9)13-2/h3-4H,1-2H3. The summed E-state index contributed by atoms with van der Waals surface area (Å²) in [5.41, 5.74) is 0. The highest BCUT2D eigenvalue weighted by Gasteiger charge is 2.11. The van der Waals surface area contributed by atoms with Gasteiger partial charge < -0.3 is 9.47 Å². The molecule has 0 radical (unpaired) electrons. The van der Waals surface area contributed by atoms with Gasteiger partial charge in [0.25, 0.3) is 0 Å². The molecule has 0 unspecified atom stereocenters. The number of carbonyl (C=O) groups is 1. The summed E-state index contributed by atoms with van der Waals surface area (Å²) in [6, 6.07) is 2.59. The van der Waals surface area contributed by atoms with E-state index in [4.69, 9.17) is 9.47 Å². The van der Waals surface area contributed by atoms with Gasteiger partial charge in [-0.2, -0.15) is 0 Å². The molecule has 0 amide bonds. The summed E-state index contributed by atoms with van der Waals surface area (Å²) < 4.78 is 23.1. The Morgan fingerprint density at radius 1 is 1.43 bits per heavy atom. The van der Waals surface area contributed by atoms with E-state index >= 15 is 0 Å². The van der Waals surface area contributed by atoms with Gasteiger partial charge in [0.1, 0.15) is 5.82 Å². The van der Waals surface area contributed by atoms with Gasteiger partial charge in [-0.1, -0.05) is 0 Å². The van der Waals surface area contributed by atoms with Crippen LogP contribution in [0.2, 0.25) is 0 Å². The maximum Gasteiger partial charge on any atom is 0.308 e. The SMILES string of the molecule is COc1cc(F)c(I)cc1OC(C)=O. The lowest BCUT2D eigenvalue weighted by molar-refractivity contribution is -0.132. The summed E-state index contributed by atoms with van der Waals surface area (Å²) in [5.74, 6) is -0.437. The maximum absolute atomic E-state index is 13.1. The molecule has 0 saturated heterocycles. The summed E-state index contributed by atoms with van der Waals surface area (Å²) in [7, 11) is 1.38. The van der Waals surface area contributed by atoms with E-state index in [1.165, 1.54) is 26.2 Å². The van der Waals surface area contributed by atoms with Gasteiger partial charge in [0.15, 0.2) is 11.5 Å². The third kappa shape index (κ3) is 2.57. The number of hydrogen-bond acceptors (Lipinski definition) is 3. The third-order valence-electron chi connectivity index (χ3n) is 1.46. The number of carbonyl (C=O) groups excluding carboxylic acids is 1.